The fourth-order valence-corrected chi connectivity index (χ4v) is 3.76. The number of aromatic nitrogens is 3. The minimum Gasteiger partial charge on any atom is -0.357 e. The van der Waals surface area contributed by atoms with Crippen molar-refractivity contribution in [2.45, 2.75) is 60.5 Å². The third-order valence-electron chi connectivity index (χ3n) is 4.28. The molecule has 0 saturated heterocycles. The SMILES string of the molecule is CCNC(=NCc1sc(C)nc1C)NC(C)Cc1c(C)nn(C)c1C.I. The molecule has 0 aromatic carbocycles. The molecule has 1 unspecified atom stereocenters. The number of guanidine groups is 1. The maximum absolute atomic E-state index is 4.73. The molecule has 2 aromatic rings. The number of halogens is 1. The second kappa shape index (κ2) is 10.2. The Morgan fingerprint density at radius 2 is 1.92 bits per heavy atom. The second-order valence-electron chi connectivity index (χ2n) is 6.46. The van der Waals surface area contributed by atoms with Gasteiger partial charge in [-0.15, -0.1) is 35.3 Å². The molecule has 0 radical (unpaired) electrons. The van der Waals surface area contributed by atoms with E-state index in [0.29, 0.717) is 6.54 Å². The number of nitrogens with one attached hydrogen (secondary N) is 2. The summed E-state index contributed by atoms with van der Waals surface area (Å²) in [5.41, 5.74) is 4.72. The Hall–Kier alpha value is -1.16. The predicted octanol–water partition coefficient (Wildman–Crippen LogP) is 3.41. The highest BCUT2D eigenvalue weighted by Gasteiger charge is 2.14. The van der Waals surface area contributed by atoms with Gasteiger partial charge in [0.25, 0.3) is 0 Å². The Morgan fingerprint density at radius 3 is 2.42 bits per heavy atom. The normalized spacial score (nSPS) is 12.7. The Morgan fingerprint density at radius 1 is 1.23 bits per heavy atom. The lowest BCUT2D eigenvalue weighted by atomic mass is 10.1. The van der Waals surface area contributed by atoms with Gasteiger partial charge in [-0.25, -0.2) is 9.98 Å². The lowest BCUT2D eigenvalue weighted by molar-refractivity contribution is 0.636. The van der Waals surface area contributed by atoms with Crippen molar-refractivity contribution in [2.75, 3.05) is 6.54 Å². The first kappa shape index (κ1) is 22.9. The first-order valence-electron chi connectivity index (χ1n) is 8.78. The molecule has 0 spiro atoms. The summed E-state index contributed by atoms with van der Waals surface area (Å²) >= 11 is 1.72. The zero-order valence-corrected chi connectivity index (χ0v) is 20.0. The van der Waals surface area contributed by atoms with Gasteiger partial charge in [-0.1, -0.05) is 0 Å². The van der Waals surface area contributed by atoms with Crippen LogP contribution in [0.3, 0.4) is 0 Å². The smallest absolute Gasteiger partial charge is 0.191 e. The van der Waals surface area contributed by atoms with Crippen LogP contribution in [0.25, 0.3) is 0 Å². The van der Waals surface area contributed by atoms with E-state index >= 15 is 0 Å². The van der Waals surface area contributed by atoms with E-state index in [1.54, 1.807) is 11.3 Å². The molecular weight excluding hydrogens is 459 g/mol. The molecule has 0 saturated carbocycles. The highest BCUT2D eigenvalue weighted by Crippen LogP contribution is 2.18. The van der Waals surface area contributed by atoms with Crippen LogP contribution in [-0.4, -0.2) is 33.3 Å². The molecule has 146 valence electrons. The van der Waals surface area contributed by atoms with Crippen LogP contribution in [0.15, 0.2) is 4.99 Å². The molecule has 0 aliphatic carbocycles. The number of nitrogens with zero attached hydrogens (tertiary/aromatic N) is 4. The van der Waals surface area contributed by atoms with Crippen LogP contribution in [0.1, 0.15) is 46.4 Å². The van der Waals surface area contributed by atoms with Gasteiger partial charge in [0.2, 0.25) is 0 Å². The van der Waals surface area contributed by atoms with Gasteiger partial charge in [-0.05, 0) is 53.5 Å². The molecule has 0 aliphatic rings. The van der Waals surface area contributed by atoms with E-state index in [1.807, 2.05) is 25.6 Å². The van der Waals surface area contributed by atoms with Gasteiger partial charge in [0, 0.05) is 30.2 Å². The van der Waals surface area contributed by atoms with E-state index in [2.05, 4.69) is 48.4 Å². The largest absolute Gasteiger partial charge is 0.357 e. The molecule has 0 bridgehead atoms. The molecule has 2 N–H and O–H groups in total. The van der Waals surface area contributed by atoms with Crippen molar-refractivity contribution in [1.29, 1.82) is 0 Å². The summed E-state index contributed by atoms with van der Waals surface area (Å²) in [6.45, 7) is 14.0. The number of hydrogen-bond acceptors (Lipinski definition) is 4. The van der Waals surface area contributed by atoms with Gasteiger partial charge < -0.3 is 10.6 Å². The van der Waals surface area contributed by atoms with Gasteiger partial charge in [0.15, 0.2) is 5.96 Å². The van der Waals surface area contributed by atoms with Crippen molar-refractivity contribution < 1.29 is 0 Å². The predicted molar refractivity (Wildman–Crippen MR) is 121 cm³/mol. The summed E-state index contributed by atoms with van der Waals surface area (Å²) in [6.07, 6.45) is 0.925. The number of thiazole rings is 1. The van der Waals surface area contributed by atoms with Crippen molar-refractivity contribution >= 4 is 41.3 Å². The minimum absolute atomic E-state index is 0. The summed E-state index contributed by atoms with van der Waals surface area (Å²) in [7, 11) is 1.99. The van der Waals surface area contributed by atoms with Gasteiger partial charge in [0.05, 0.1) is 22.9 Å². The molecule has 0 amide bonds. The van der Waals surface area contributed by atoms with E-state index in [9.17, 15) is 0 Å². The molecule has 8 heteroatoms. The lowest BCUT2D eigenvalue weighted by Crippen LogP contribution is -2.43. The van der Waals surface area contributed by atoms with Crippen LogP contribution in [0.2, 0.25) is 0 Å². The van der Waals surface area contributed by atoms with E-state index in [-0.39, 0.29) is 30.0 Å². The average molecular weight is 490 g/mol. The number of aliphatic imine (C=N–C) groups is 1. The third-order valence-corrected chi connectivity index (χ3v) is 5.33. The molecule has 6 nitrogen and oxygen atoms in total. The number of rotatable bonds is 6. The van der Waals surface area contributed by atoms with Gasteiger partial charge in [-0.3, -0.25) is 4.68 Å². The van der Waals surface area contributed by atoms with E-state index in [0.717, 1.165) is 35.3 Å². The molecule has 1 atom stereocenters. The van der Waals surface area contributed by atoms with Gasteiger partial charge >= 0.3 is 0 Å². The van der Waals surface area contributed by atoms with E-state index in [1.165, 1.54) is 16.1 Å². The first-order valence-corrected chi connectivity index (χ1v) is 9.60. The summed E-state index contributed by atoms with van der Waals surface area (Å²) in [5, 5.41) is 12.4. The van der Waals surface area contributed by atoms with Crippen LogP contribution in [0.4, 0.5) is 0 Å². The Kier molecular flexibility index (Phi) is 9.02. The Labute approximate surface area is 177 Å². The van der Waals surface area contributed by atoms with Crippen LogP contribution in [0.5, 0.6) is 0 Å². The molecule has 2 rings (SSSR count). The van der Waals surface area contributed by atoms with E-state index in [4.69, 9.17) is 4.99 Å². The third kappa shape index (κ3) is 5.94. The highest BCUT2D eigenvalue weighted by atomic mass is 127. The molecule has 2 aromatic heterocycles. The van der Waals surface area contributed by atoms with Crippen LogP contribution in [0, 0.1) is 27.7 Å². The fraction of sp³-hybridized carbons (Fsp3) is 0.611. The van der Waals surface area contributed by atoms with Crippen molar-refractivity contribution in [3.8, 4) is 0 Å². The van der Waals surface area contributed by atoms with Gasteiger partial charge in [-0.2, -0.15) is 5.10 Å². The number of hydrogen-bond donors (Lipinski definition) is 2. The molecule has 2 heterocycles. The first-order chi connectivity index (χ1) is 11.8. The minimum atomic E-state index is 0. The summed E-state index contributed by atoms with van der Waals surface area (Å²) < 4.78 is 1.95. The Bertz CT molecular complexity index is 749. The monoisotopic (exact) mass is 490 g/mol. The molecule has 26 heavy (non-hydrogen) atoms. The van der Waals surface area contributed by atoms with Gasteiger partial charge in [0.1, 0.15) is 0 Å². The maximum Gasteiger partial charge on any atom is 0.191 e. The quantitative estimate of drug-likeness (QED) is 0.370. The topological polar surface area (TPSA) is 67.1 Å². The summed E-state index contributed by atoms with van der Waals surface area (Å²) in [6, 6.07) is 0.267. The molecular formula is C18H31IN6S. The van der Waals surface area contributed by atoms with E-state index < -0.39 is 0 Å². The fourth-order valence-electron chi connectivity index (χ4n) is 2.89. The van der Waals surface area contributed by atoms with Crippen LogP contribution in [-0.2, 0) is 20.0 Å². The summed E-state index contributed by atoms with van der Waals surface area (Å²) in [4.78, 5) is 10.4. The zero-order valence-electron chi connectivity index (χ0n) is 16.8. The maximum atomic E-state index is 4.73. The van der Waals surface area contributed by atoms with Crippen molar-refractivity contribution in [2.24, 2.45) is 12.0 Å². The molecule has 0 fully saturated rings. The van der Waals surface area contributed by atoms with Crippen LogP contribution < -0.4 is 10.6 Å². The van der Waals surface area contributed by atoms with Crippen molar-refractivity contribution in [1.82, 2.24) is 25.4 Å². The summed E-state index contributed by atoms with van der Waals surface area (Å²) in [5.74, 6) is 0.847. The number of aryl methyl sites for hydroxylation is 4. The second-order valence-corrected chi connectivity index (χ2v) is 7.75. The van der Waals surface area contributed by atoms with Crippen LogP contribution >= 0.6 is 35.3 Å². The zero-order chi connectivity index (χ0) is 18.6. The molecule has 0 aliphatic heterocycles. The highest BCUT2D eigenvalue weighted by molar-refractivity contribution is 14.0. The Balaban J connectivity index is 0.00000338. The lowest BCUT2D eigenvalue weighted by Gasteiger charge is -2.18. The standard InChI is InChI=1S/C18H30N6S.HI/c1-8-19-18(20-10-17-13(4)22-15(6)25-17)21-11(2)9-16-12(3)23-24(7)14(16)5;/h11H,8-10H2,1-7H3,(H2,19,20,21);1H. The van der Waals surface area contributed by atoms with Crippen molar-refractivity contribution in [3.05, 3.63) is 32.5 Å². The van der Waals surface area contributed by atoms with Crippen molar-refractivity contribution in [3.63, 3.8) is 0 Å². The average Bonchev–Trinajstić information content (AvgIpc) is 2.98.